The van der Waals surface area contributed by atoms with E-state index < -0.39 is 23.0 Å². The number of thiol groups is 1. The highest BCUT2D eigenvalue weighted by Gasteiger charge is 2.19. The van der Waals surface area contributed by atoms with Crippen molar-refractivity contribution in [3.05, 3.63) is 0 Å². The molecule has 6 heteroatoms. The Morgan fingerprint density at radius 3 is 2.00 bits per heavy atom. The van der Waals surface area contributed by atoms with Crippen molar-refractivity contribution in [2.75, 3.05) is 0 Å². The van der Waals surface area contributed by atoms with Crippen LogP contribution in [0.2, 0.25) is 0 Å². The molecule has 0 saturated heterocycles. The van der Waals surface area contributed by atoms with Crippen LogP contribution >= 0.6 is 12.6 Å². The van der Waals surface area contributed by atoms with E-state index in [4.69, 9.17) is 10.2 Å². The fraction of sp³-hybridized carbons (Fsp3) is 0.571. The molecule has 0 rings (SSSR count). The molecular formula is C7H10O5S. The van der Waals surface area contributed by atoms with Gasteiger partial charge in [0, 0.05) is 12.3 Å². The number of carboxylic acid groups (broad SMARTS) is 2. The average molecular weight is 206 g/mol. The molecule has 0 aliphatic heterocycles. The predicted octanol–water partition coefficient (Wildman–Crippen LogP) is 0.399. The number of rotatable bonds is 6. The number of carbonyl (C=O) groups is 3. The van der Waals surface area contributed by atoms with Crippen LogP contribution in [0.1, 0.15) is 19.3 Å². The van der Waals surface area contributed by atoms with Gasteiger partial charge in [-0.2, -0.15) is 0 Å². The summed E-state index contributed by atoms with van der Waals surface area (Å²) in [6, 6.07) is 0. The lowest BCUT2D eigenvalue weighted by molar-refractivity contribution is -0.141. The van der Waals surface area contributed by atoms with Crippen LogP contribution in [0.5, 0.6) is 0 Å². The van der Waals surface area contributed by atoms with Crippen molar-refractivity contribution in [2.24, 2.45) is 5.92 Å². The lowest BCUT2D eigenvalue weighted by Gasteiger charge is -2.07. The van der Waals surface area contributed by atoms with Crippen LogP contribution in [0.25, 0.3) is 0 Å². The molecule has 0 aromatic heterocycles. The third-order valence-corrected chi connectivity index (χ3v) is 1.84. The topological polar surface area (TPSA) is 91.7 Å². The second-order valence-electron chi connectivity index (χ2n) is 2.57. The zero-order valence-corrected chi connectivity index (χ0v) is 7.66. The molecular weight excluding hydrogens is 196 g/mol. The van der Waals surface area contributed by atoms with Crippen molar-refractivity contribution in [1.82, 2.24) is 0 Å². The van der Waals surface area contributed by atoms with Gasteiger partial charge in [-0.15, -0.1) is 12.6 Å². The molecule has 0 aromatic rings. The van der Waals surface area contributed by atoms with E-state index in [-0.39, 0.29) is 19.3 Å². The summed E-state index contributed by atoms with van der Waals surface area (Å²) in [4.78, 5) is 31.1. The van der Waals surface area contributed by atoms with Gasteiger partial charge in [0.15, 0.2) is 5.12 Å². The van der Waals surface area contributed by atoms with Gasteiger partial charge in [0.1, 0.15) is 0 Å². The first kappa shape index (κ1) is 12.0. The standard InChI is InChI=1S/C7H10O5S/c8-5(9)2-1-4(7(12)13)3-6(10)11/h4H,1-3H2,(H,8,9)(H,10,11)(H,12,13). The Morgan fingerprint density at radius 2 is 1.69 bits per heavy atom. The summed E-state index contributed by atoms with van der Waals surface area (Å²) < 4.78 is 0. The summed E-state index contributed by atoms with van der Waals surface area (Å²) in [7, 11) is 0. The molecule has 0 saturated carbocycles. The molecule has 0 amide bonds. The second kappa shape index (κ2) is 5.58. The first-order valence-electron chi connectivity index (χ1n) is 3.60. The Bertz CT molecular complexity index is 225. The second-order valence-corrected chi connectivity index (χ2v) is 3.01. The summed E-state index contributed by atoms with van der Waals surface area (Å²) >= 11 is 3.47. The lowest BCUT2D eigenvalue weighted by atomic mass is 10.0. The third kappa shape index (κ3) is 6.15. The Kier molecular flexibility index (Phi) is 5.13. The van der Waals surface area contributed by atoms with Crippen LogP contribution in [0.15, 0.2) is 0 Å². The quantitative estimate of drug-likeness (QED) is 0.547. The number of hydrogen-bond donors (Lipinski definition) is 3. The van der Waals surface area contributed by atoms with Crippen LogP contribution in [0.3, 0.4) is 0 Å². The Morgan fingerprint density at radius 1 is 1.15 bits per heavy atom. The Labute approximate surface area is 80.2 Å². The molecule has 74 valence electrons. The fourth-order valence-electron chi connectivity index (χ4n) is 0.821. The highest BCUT2D eigenvalue weighted by molar-refractivity contribution is 7.96. The van der Waals surface area contributed by atoms with E-state index in [1.165, 1.54) is 0 Å². The molecule has 0 fully saturated rings. The summed E-state index contributed by atoms with van der Waals surface area (Å²) in [6.07, 6.45) is -0.566. The zero-order chi connectivity index (χ0) is 10.4. The van der Waals surface area contributed by atoms with Crippen molar-refractivity contribution >= 4 is 29.7 Å². The molecule has 0 aliphatic carbocycles. The van der Waals surface area contributed by atoms with Crippen molar-refractivity contribution in [2.45, 2.75) is 19.3 Å². The molecule has 0 aliphatic rings. The van der Waals surface area contributed by atoms with Gasteiger partial charge in [-0.05, 0) is 6.42 Å². The molecule has 0 heterocycles. The maximum absolute atomic E-state index is 10.7. The number of carbonyl (C=O) groups excluding carboxylic acids is 1. The van der Waals surface area contributed by atoms with Gasteiger partial charge < -0.3 is 10.2 Å². The van der Waals surface area contributed by atoms with Gasteiger partial charge in [-0.25, -0.2) is 0 Å². The van der Waals surface area contributed by atoms with E-state index in [9.17, 15) is 14.4 Å². The van der Waals surface area contributed by atoms with E-state index in [0.717, 1.165) is 0 Å². The van der Waals surface area contributed by atoms with Crippen LogP contribution in [-0.4, -0.2) is 27.3 Å². The van der Waals surface area contributed by atoms with Gasteiger partial charge in [-0.1, -0.05) is 0 Å². The van der Waals surface area contributed by atoms with Crippen LogP contribution in [0, 0.1) is 5.92 Å². The third-order valence-electron chi connectivity index (χ3n) is 1.48. The molecule has 1 unspecified atom stereocenters. The normalized spacial score (nSPS) is 12.1. The van der Waals surface area contributed by atoms with E-state index in [1.807, 2.05) is 0 Å². The van der Waals surface area contributed by atoms with E-state index >= 15 is 0 Å². The SMILES string of the molecule is O=C(O)CCC(CC(=O)O)C(=O)S. The van der Waals surface area contributed by atoms with Gasteiger partial charge in [0.05, 0.1) is 6.42 Å². The van der Waals surface area contributed by atoms with E-state index in [0.29, 0.717) is 0 Å². The monoisotopic (exact) mass is 206 g/mol. The maximum atomic E-state index is 10.7. The highest BCUT2D eigenvalue weighted by Crippen LogP contribution is 2.14. The number of carboxylic acids is 2. The molecule has 0 radical (unpaired) electrons. The average Bonchev–Trinajstić information content (AvgIpc) is 1.96. The zero-order valence-electron chi connectivity index (χ0n) is 6.77. The largest absolute Gasteiger partial charge is 0.481 e. The summed E-state index contributed by atoms with van der Waals surface area (Å²) in [5, 5.41) is 16.1. The first-order valence-corrected chi connectivity index (χ1v) is 4.04. The van der Waals surface area contributed by atoms with E-state index in [2.05, 4.69) is 12.6 Å². The summed E-state index contributed by atoms with van der Waals surface area (Å²) in [5.74, 6) is -2.99. The van der Waals surface area contributed by atoms with Crippen LogP contribution in [-0.2, 0) is 14.4 Å². The van der Waals surface area contributed by atoms with E-state index in [1.54, 1.807) is 0 Å². The molecule has 0 spiro atoms. The molecule has 5 nitrogen and oxygen atoms in total. The van der Waals surface area contributed by atoms with Gasteiger partial charge >= 0.3 is 11.9 Å². The van der Waals surface area contributed by atoms with Gasteiger partial charge in [0.2, 0.25) is 0 Å². The number of hydrogen-bond acceptors (Lipinski definition) is 3. The van der Waals surface area contributed by atoms with Gasteiger partial charge in [0.25, 0.3) is 0 Å². The van der Waals surface area contributed by atoms with Crippen LogP contribution < -0.4 is 0 Å². The maximum Gasteiger partial charge on any atom is 0.304 e. The van der Waals surface area contributed by atoms with Crippen molar-refractivity contribution in [3.63, 3.8) is 0 Å². The molecule has 0 bridgehead atoms. The Balaban J connectivity index is 4.02. The molecule has 13 heavy (non-hydrogen) atoms. The van der Waals surface area contributed by atoms with Gasteiger partial charge in [-0.3, -0.25) is 14.4 Å². The predicted molar refractivity (Wildman–Crippen MR) is 46.6 cm³/mol. The summed E-state index contributed by atoms with van der Waals surface area (Å²) in [5.41, 5.74) is 0. The highest BCUT2D eigenvalue weighted by atomic mass is 32.1. The Hall–Kier alpha value is -1.04. The molecule has 2 N–H and O–H groups in total. The van der Waals surface area contributed by atoms with Crippen molar-refractivity contribution in [3.8, 4) is 0 Å². The lowest BCUT2D eigenvalue weighted by Crippen LogP contribution is -2.15. The smallest absolute Gasteiger partial charge is 0.304 e. The fourth-order valence-corrected chi connectivity index (χ4v) is 1.04. The first-order chi connectivity index (χ1) is 5.93. The minimum Gasteiger partial charge on any atom is -0.481 e. The minimum atomic E-state index is -1.13. The number of aliphatic carboxylic acids is 2. The minimum absolute atomic E-state index is 0.0178. The van der Waals surface area contributed by atoms with Crippen LogP contribution in [0.4, 0.5) is 0 Å². The van der Waals surface area contributed by atoms with Crippen molar-refractivity contribution < 1.29 is 24.6 Å². The summed E-state index contributed by atoms with van der Waals surface area (Å²) in [6.45, 7) is 0. The van der Waals surface area contributed by atoms with Crippen molar-refractivity contribution in [1.29, 1.82) is 0 Å². The molecule has 1 atom stereocenters. The molecule has 0 aromatic carbocycles.